The van der Waals surface area contributed by atoms with Gasteiger partial charge in [-0.15, -0.1) is 0 Å². The summed E-state index contributed by atoms with van der Waals surface area (Å²) in [5.74, 6) is -0.289. The summed E-state index contributed by atoms with van der Waals surface area (Å²) in [6, 6.07) is 0. The molecule has 0 radical (unpaired) electrons. The Bertz CT molecular complexity index is 391. The highest BCUT2D eigenvalue weighted by Gasteiger charge is 2.40. The first kappa shape index (κ1) is 14.4. The van der Waals surface area contributed by atoms with E-state index in [0.717, 1.165) is 25.9 Å². The normalized spacial score (nSPS) is 26.4. The summed E-state index contributed by atoms with van der Waals surface area (Å²) < 4.78 is 4.91. The van der Waals surface area contributed by atoms with Gasteiger partial charge in [-0.05, 0) is 39.8 Å². The zero-order valence-corrected chi connectivity index (χ0v) is 12.2. The van der Waals surface area contributed by atoms with Gasteiger partial charge in [-0.2, -0.15) is 0 Å². The summed E-state index contributed by atoms with van der Waals surface area (Å²) in [6.07, 6.45) is 3.73. The molecule has 0 N–H and O–H groups in total. The van der Waals surface area contributed by atoms with Gasteiger partial charge in [0.25, 0.3) is 5.91 Å². The minimum atomic E-state index is -0.377. The average molecular weight is 284 g/mol. The quantitative estimate of drug-likeness (QED) is 0.577. The Morgan fingerprint density at radius 2 is 2.11 bits per heavy atom. The topological polar surface area (TPSA) is 49.9 Å². The number of nitrogens with zero attached hydrogens (tertiary/aromatic N) is 2. The van der Waals surface area contributed by atoms with E-state index in [9.17, 15) is 9.59 Å². The van der Waals surface area contributed by atoms with Gasteiger partial charge in [0.05, 0.1) is 17.7 Å². The van der Waals surface area contributed by atoms with Crippen LogP contribution in [0.3, 0.4) is 0 Å². The second-order valence-corrected chi connectivity index (χ2v) is 5.63. The van der Waals surface area contributed by atoms with Gasteiger partial charge in [-0.25, -0.2) is 4.79 Å². The minimum Gasteiger partial charge on any atom is -0.463 e. The molecule has 106 valence electrons. The Morgan fingerprint density at radius 1 is 1.42 bits per heavy atom. The summed E-state index contributed by atoms with van der Waals surface area (Å²) in [6.45, 7) is 6.56. The summed E-state index contributed by atoms with van der Waals surface area (Å²) in [4.78, 5) is 27.7. The number of hydrogen-bond acceptors (Lipinski definition) is 5. The predicted octanol–water partition coefficient (Wildman–Crippen LogP) is 1.41. The first-order chi connectivity index (χ1) is 9.17. The predicted molar refractivity (Wildman–Crippen MR) is 74.3 cm³/mol. The maximum absolute atomic E-state index is 12.3. The minimum absolute atomic E-state index is 0.0879. The lowest BCUT2D eigenvalue weighted by Crippen LogP contribution is -2.39. The van der Waals surface area contributed by atoms with E-state index in [0.29, 0.717) is 18.2 Å². The van der Waals surface area contributed by atoms with Crippen LogP contribution in [0.5, 0.6) is 0 Å². The molecule has 2 fully saturated rings. The average Bonchev–Trinajstić information content (AvgIpc) is 2.98. The largest absolute Gasteiger partial charge is 0.463 e. The maximum atomic E-state index is 12.3. The molecule has 0 aromatic rings. The molecule has 0 bridgehead atoms. The van der Waals surface area contributed by atoms with Crippen molar-refractivity contribution in [3.05, 3.63) is 11.1 Å². The van der Waals surface area contributed by atoms with Crippen LogP contribution < -0.4 is 0 Å². The maximum Gasteiger partial charge on any atom is 0.333 e. The standard InChI is InChI=1S/C13H20N2O3S/c1-3-15-10(9-11(16)18-4-2)19-13(12(15)17)14-7-5-6-8-14/h9,13H,3-8H2,1-2H3/b10-9-. The fourth-order valence-corrected chi connectivity index (χ4v) is 3.71. The molecular formula is C13H20N2O3S. The Morgan fingerprint density at radius 3 is 2.68 bits per heavy atom. The Labute approximate surface area is 117 Å². The molecule has 0 aliphatic carbocycles. The molecule has 1 atom stereocenters. The third-order valence-corrected chi connectivity index (χ3v) is 4.59. The first-order valence-electron chi connectivity index (χ1n) is 6.78. The van der Waals surface area contributed by atoms with Gasteiger partial charge in [0, 0.05) is 6.54 Å². The summed E-state index contributed by atoms with van der Waals surface area (Å²) in [7, 11) is 0. The van der Waals surface area contributed by atoms with Crippen LogP contribution in [0.2, 0.25) is 0 Å². The SMILES string of the molecule is CCOC(=O)/C=C1\SC(N2CCCC2)C(=O)N1CC. The van der Waals surface area contributed by atoms with Crippen molar-refractivity contribution < 1.29 is 14.3 Å². The number of esters is 1. The molecule has 5 nitrogen and oxygen atoms in total. The second-order valence-electron chi connectivity index (χ2n) is 4.53. The highest BCUT2D eigenvalue weighted by molar-refractivity contribution is 8.04. The number of carbonyl (C=O) groups excluding carboxylic acids is 2. The lowest BCUT2D eigenvalue weighted by molar-refractivity contribution is -0.137. The molecule has 6 heteroatoms. The molecule has 1 unspecified atom stereocenters. The van der Waals surface area contributed by atoms with Crippen molar-refractivity contribution >= 4 is 23.6 Å². The molecule has 0 aromatic carbocycles. The number of carbonyl (C=O) groups is 2. The van der Waals surface area contributed by atoms with Crippen LogP contribution in [0.4, 0.5) is 0 Å². The van der Waals surface area contributed by atoms with Crippen LogP contribution >= 0.6 is 11.8 Å². The van der Waals surface area contributed by atoms with Gasteiger partial charge < -0.3 is 9.64 Å². The molecule has 2 heterocycles. The van der Waals surface area contributed by atoms with Crippen LogP contribution in [0.1, 0.15) is 26.7 Å². The number of likely N-dealkylation sites (N-methyl/N-ethyl adjacent to an activating group) is 1. The summed E-state index contributed by atoms with van der Waals surface area (Å²) >= 11 is 1.47. The molecule has 0 spiro atoms. The third kappa shape index (κ3) is 3.12. The number of amides is 1. The highest BCUT2D eigenvalue weighted by atomic mass is 32.2. The fraction of sp³-hybridized carbons (Fsp3) is 0.692. The molecule has 1 amide bonds. The van der Waals surface area contributed by atoms with Crippen molar-refractivity contribution in [1.29, 1.82) is 0 Å². The van der Waals surface area contributed by atoms with Gasteiger partial charge in [0.15, 0.2) is 0 Å². The molecule has 2 aliphatic heterocycles. The first-order valence-corrected chi connectivity index (χ1v) is 7.65. The molecule has 2 saturated heterocycles. The number of thioether (sulfide) groups is 1. The molecule has 0 aromatic heterocycles. The smallest absolute Gasteiger partial charge is 0.333 e. The number of hydrogen-bond donors (Lipinski definition) is 0. The van der Waals surface area contributed by atoms with E-state index in [2.05, 4.69) is 4.90 Å². The fourth-order valence-electron chi connectivity index (χ4n) is 2.39. The number of likely N-dealkylation sites (tertiary alicyclic amines) is 1. The van der Waals surface area contributed by atoms with Crippen LogP contribution in [0.25, 0.3) is 0 Å². The number of ether oxygens (including phenoxy) is 1. The van der Waals surface area contributed by atoms with Crippen molar-refractivity contribution in [2.24, 2.45) is 0 Å². The van der Waals surface area contributed by atoms with Crippen molar-refractivity contribution in [2.75, 3.05) is 26.2 Å². The van der Waals surface area contributed by atoms with Gasteiger partial charge in [-0.3, -0.25) is 9.69 Å². The third-order valence-electron chi connectivity index (χ3n) is 3.29. The van der Waals surface area contributed by atoms with Crippen molar-refractivity contribution in [3.63, 3.8) is 0 Å². The van der Waals surface area contributed by atoms with Crippen molar-refractivity contribution in [2.45, 2.75) is 32.1 Å². The molecule has 2 aliphatic rings. The van der Waals surface area contributed by atoms with E-state index in [-0.39, 0.29) is 17.3 Å². The molecular weight excluding hydrogens is 264 g/mol. The van der Waals surface area contributed by atoms with E-state index in [1.807, 2.05) is 6.92 Å². The summed E-state index contributed by atoms with van der Waals surface area (Å²) in [5.41, 5.74) is 0. The van der Waals surface area contributed by atoms with Crippen molar-refractivity contribution in [1.82, 2.24) is 9.80 Å². The van der Waals surface area contributed by atoms with E-state index in [1.165, 1.54) is 17.8 Å². The lowest BCUT2D eigenvalue weighted by atomic mass is 10.4. The Hall–Kier alpha value is -1.01. The van der Waals surface area contributed by atoms with Gasteiger partial charge in [-0.1, -0.05) is 11.8 Å². The molecule has 19 heavy (non-hydrogen) atoms. The van der Waals surface area contributed by atoms with Crippen LogP contribution in [0.15, 0.2) is 11.1 Å². The Balaban J connectivity index is 2.11. The van der Waals surface area contributed by atoms with E-state index in [1.54, 1.807) is 11.8 Å². The second kappa shape index (κ2) is 6.43. The zero-order valence-electron chi connectivity index (χ0n) is 11.4. The van der Waals surface area contributed by atoms with Gasteiger partial charge in [0.2, 0.25) is 0 Å². The van der Waals surface area contributed by atoms with E-state index >= 15 is 0 Å². The lowest BCUT2D eigenvalue weighted by Gasteiger charge is -2.20. The zero-order chi connectivity index (χ0) is 13.8. The van der Waals surface area contributed by atoms with Crippen molar-refractivity contribution in [3.8, 4) is 0 Å². The van der Waals surface area contributed by atoms with E-state index in [4.69, 9.17) is 4.74 Å². The highest BCUT2D eigenvalue weighted by Crippen LogP contribution is 2.37. The monoisotopic (exact) mass is 284 g/mol. The summed E-state index contributed by atoms with van der Waals surface area (Å²) in [5, 5.41) is 0.547. The number of rotatable bonds is 4. The molecule has 2 rings (SSSR count). The Kier molecular flexibility index (Phi) is 4.87. The van der Waals surface area contributed by atoms with Crippen LogP contribution in [-0.2, 0) is 14.3 Å². The van der Waals surface area contributed by atoms with Gasteiger partial charge in [0.1, 0.15) is 5.37 Å². The van der Waals surface area contributed by atoms with Crippen LogP contribution in [0, 0.1) is 0 Å². The molecule has 0 saturated carbocycles. The van der Waals surface area contributed by atoms with Gasteiger partial charge >= 0.3 is 5.97 Å². The van der Waals surface area contributed by atoms with E-state index < -0.39 is 0 Å². The van der Waals surface area contributed by atoms with Crippen LogP contribution in [-0.4, -0.2) is 53.3 Å².